The Morgan fingerprint density at radius 3 is 2.35 bits per heavy atom. The first-order valence-corrected chi connectivity index (χ1v) is 7.02. The molecule has 3 heteroatoms. The lowest BCUT2D eigenvalue weighted by molar-refractivity contribution is -0.128. The largest absolute Gasteiger partial charge is 0.345 e. The molecule has 0 radical (unpaired) electrons. The Morgan fingerprint density at radius 2 is 1.88 bits per heavy atom. The zero-order chi connectivity index (χ0) is 12.8. The van der Waals surface area contributed by atoms with Gasteiger partial charge in [0.1, 0.15) is 0 Å². The molecule has 0 bridgehead atoms. The van der Waals surface area contributed by atoms with Crippen LogP contribution in [0, 0.1) is 11.8 Å². The van der Waals surface area contributed by atoms with Crippen molar-refractivity contribution in [3.05, 3.63) is 0 Å². The van der Waals surface area contributed by atoms with Crippen molar-refractivity contribution in [1.82, 2.24) is 10.2 Å². The van der Waals surface area contributed by atoms with E-state index in [1.165, 1.54) is 25.7 Å². The maximum atomic E-state index is 11.7. The Hall–Kier alpha value is -0.570. The van der Waals surface area contributed by atoms with E-state index in [2.05, 4.69) is 19.2 Å². The third-order valence-corrected chi connectivity index (χ3v) is 4.16. The van der Waals surface area contributed by atoms with Crippen molar-refractivity contribution in [3.63, 3.8) is 0 Å². The number of hydrogen-bond acceptors (Lipinski definition) is 2. The standard InChI is InChI=1S/C14H28N2O/c1-5-16(4)14(17)10-15-13-8-6-12(7-9-13)11(2)3/h11-13,15H,5-10H2,1-4H3. The molecule has 17 heavy (non-hydrogen) atoms. The number of rotatable bonds is 5. The lowest BCUT2D eigenvalue weighted by Crippen LogP contribution is -2.41. The summed E-state index contributed by atoms with van der Waals surface area (Å²) in [6.07, 6.45) is 5.08. The molecule has 0 aromatic carbocycles. The maximum absolute atomic E-state index is 11.7. The van der Waals surface area contributed by atoms with E-state index >= 15 is 0 Å². The molecule has 1 rings (SSSR count). The second-order valence-corrected chi connectivity index (χ2v) is 5.64. The first-order chi connectivity index (χ1) is 8.04. The van der Waals surface area contributed by atoms with E-state index in [1.54, 1.807) is 4.90 Å². The first kappa shape index (κ1) is 14.5. The van der Waals surface area contributed by atoms with Crippen molar-refractivity contribution < 1.29 is 4.79 Å². The predicted octanol–water partition coefficient (Wildman–Crippen LogP) is 2.27. The Kier molecular flexibility index (Phi) is 5.96. The highest BCUT2D eigenvalue weighted by molar-refractivity contribution is 5.77. The average Bonchev–Trinajstić information content (AvgIpc) is 2.35. The van der Waals surface area contributed by atoms with Crippen LogP contribution in [0.15, 0.2) is 0 Å². The molecule has 1 N–H and O–H groups in total. The fourth-order valence-corrected chi connectivity index (χ4v) is 2.53. The number of amides is 1. The molecule has 1 fully saturated rings. The summed E-state index contributed by atoms with van der Waals surface area (Å²) in [6.45, 7) is 7.93. The van der Waals surface area contributed by atoms with Gasteiger partial charge < -0.3 is 10.2 Å². The number of carbonyl (C=O) groups excluding carboxylic acids is 1. The lowest BCUT2D eigenvalue weighted by Gasteiger charge is -2.31. The van der Waals surface area contributed by atoms with Crippen molar-refractivity contribution in [2.24, 2.45) is 11.8 Å². The van der Waals surface area contributed by atoms with Crippen LogP contribution in [0.25, 0.3) is 0 Å². The molecule has 0 atom stereocenters. The normalized spacial score (nSPS) is 25.0. The van der Waals surface area contributed by atoms with Crippen molar-refractivity contribution in [2.75, 3.05) is 20.1 Å². The summed E-state index contributed by atoms with van der Waals surface area (Å²) in [5.41, 5.74) is 0. The number of nitrogens with zero attached hydrogens (tertiary/aromatic N) is 1. The molecular weight excluding hydrogens is 212 g/mol. The molecule has 0 spiro atoms. The molecular formula is C14H28N2O. The highest BCUT2D eigenvalue weighted by atomic mass is 16.2. The van der Waals surface area contributed by atoms with Gasteiger partial charge in [-0.1, -0.05) is 13.8 Å². The van der Waals surface area contributed by atoms with E-state index in [0.29, 0.717) is 12.6 Å². The zero-order valence-corrected chi connectivity index (χ0v) is 11.8. The number of nitrogens with one attached hydrogen (secondary N) is 1. The van der Waals surface area contributed by atoms with Gasteiger partial charge in [0.25, 0.3) is 0 Å². The van der Waals surface area contributed by atoms with Crippen LogP contribution in [-0.2, 0) is 4.79 Å². The van der Waals surface area contributed by atoms with Crippen LogP contribution in [0.4, 0.5) is 0 Å². The van der Waals surface area contributed by atoms with E-state index < -0.39 is 0 Å². The fraction of sp³-hybridized carbons (Fsp3) is 0.929. The molecule has 0 saturated heterocycles. The zero-order valence-electron chi connectivity index (χ0n) is 11.8. The number of hydrogen-bond donors (Lipinski definition) is 1. The summed E-state index contributed by atoms with van der Waals surface area (Å²) < 4.78 is 0. The Bertz CT molecular complexity index is 232. The van der Waals surface area contributed by atoms with Crippen molar-refractivity contribution in [3.8, 4) is 0 Å². The van der Waals surface area contributed by atoms with Crippen LogP contribution in [-0.4, -0.2) is 37.0 Å². The summed E-state index contributed by atoms with van der Waals surface area (Å²) in [6, 6.07) is 0.555. The monoisotopic (exact) mass is 240 g/mol. The van der Waals surface area contributed by atoms with Gasteiger partial charge in [-0.2, -0.15) is 0 Å². The highest BCUT2D eigenvalue weighted by Crippen LogP contribution is 2.29. The van der Waals surface area contributed by atoms with Gasteiger partial charge >= 0.3 is 0 Å². The smallest absolute Gasteiger partial charge is 0.236 e. The van der Waals surface area contributed by atoms with Crippen molar-refractivity contribution >= 4 is 5.91 Å². The summed E-state index contributed by atoms with van der Waals surface area (Å²) in [5, 5.41) is 3.40. The van der Waals surface area contributed by atoms with Crippen LogP contribution >= 0.6 is 0 Å². The second kappa shape index (κ2) is 7.00. The number of carbonyl (C=O) groups is 1. The van der Waals surface area contributed by atoms with Gasteiger partial charge in [-0.05, 0) is 44.4 Å². The van der Waals surface area contributed by atoms with Gasteiger partial charge in [0.15, 0.2) is 0 Å². The van der Waals surface area contributed by atoms with Gasteiger partial charge in [0.2, 0.25) is 5.91 Å². The van der Waals surface area contributed by atoms with Gasteiger partial charge in [0.05, 0.1) is 6.54 Å². The Morgan fingerprint density at radius 1 is 1.29 bits per heavy atom. The highest BCUT2D eigenvalue weighted by Gasteiger charge is 2.23. The van der Waals surface area contributed by atoms with Crippen LogP contribution < -0.4 is 5.32 Å². The van der Waals surface area contributed by atoms with Crippen molar-refractivity contribution in [2.45, 2.75) is 52.5 Å². The summed E-state index contributed by atoms with van der Waals surface area (Å²) in [7, 11) is 1.86. The van der Waals surface area contributed by atoms with Crippen LogP contribution in [0.2, 0.25) is 0 Å². The Balaban J connectivity index is 2.20. The minimum absolute atomic E-state index is 0.207. The van der Waals surface area contributed by atoms with Crippen LogP contribution in [0.1, 0.15) is 46.5 Å². The molecule has 100 valence electrons. The molecule has 1 saturated carbocycles. The minimum atomic E-state index is 0.207. The first-order valence-electron chi connectivity index (χ1n) is 7.02. The Labute approximate surface area is 106 Å². The topological polar surface area (TPSA) is 32.3 Å². The SMILES string of the molecule is CCN(C)C(=O)CNC1CCC(C(C)C)CC1. The number of likely N-dealkylation sites (N-methyl/N-ethyl adjacent to an activating group) is 1. The van der Waals surface area contributed by atoms with E-state index in [-0.39, 0.29) is 5.91 Å². The van der Waals surface area contributed by atoms with Gasteiger partial charge in [-0.15, -0.1) is 0 Å². The molecule has 1 aliphatic rings. The molecule has 0 aliphatic heterocycles. The quantitative estimate of drug-likeness (QED) is 0.799. The summed E-state index contributed by atoms with van der Waals surface area (Å²) >= 11 is 0. The van der Waals surface area contributed by atoms with E-state index in [1.807, 2.05) is 14.0 Å². The van der Waals surface area contributed by atoms with Crippen LogP contribution in [0.5, 0.6) is 0 Å². The molecule has 1 aliphatic carbocycles. The molecule has 0 aromatic rings. The van der Waals surface area contributed by atoms with Gasteiger partial charge in [-0.3, -0.25) is 4.79 Å². The fourth-order valence-electron chi connectivity index (χ4n) is 2.53. The molecule has 1 amide bonds. The summed E-state index contributed by atoms with van der Waals surface area (Å²) in [4.78, 5) is 13.4. The molecule has 0 heterocycles. The van der Waals surface area contributed by atoms with E-state index in [0.717, 1.165) is 18.4 Å². The van der Waals surface area contributed by atoms with Gasteiger partial charge in [-0.25, -0.2) is 0 Å². The maximum Gasteiger partial charge on any atom is 0.236 e. The van der Waals surface area contributed by atoms with Crippen LogP contribution in [0.3, 0.4) is 0 Å². The second-order valence-electron chi connectivity index (χ2n) is 5.64. The average molecular weight is 240 g/mol. The third-order valence-electron chi connectivity index (χ3n) is 4.16. The third kappa shape index (κ3) is 4.66. The summed E-state index contributed by atoms with van der Waals surface area (Å²) in [5.74, 6) is 1.91. The molecule has 0 unspecified atom stereocenters. The molecule has 0 aromatic heterocycles. The van der Waals surface area contributed by atoms with Gasteiger partial charge in [0, 0.05) is 19.6 Å². The van der Waals surface area contributed by atoms with E-state index in [4.69, 9.17) is 0 Å². The predicted molar refractivity (Wildman–Crippen MR) is 71.9 cm³/mol. The van der Waals surface area contributed by atoms with E-state index in [9.17, 15) is 4.79 Å². The lowest BCUT2D eigenvalue weighted by atomic mass is 9.80. The van der Waals surface area contributed by atoms with Crippen molar-refractivity contribution in [1.29, 1.82) is 0 Å². The molecule has 3 nitrogen and oxygen atoms in total. The minimum Gasteiger partial charge on any atom is -0.345 e.